The van der Waals surface area contributed by atoms with E-state index in [1.165, 1.54) is 6.42 Å². The van der Waals surface area contributed by atoms with Crippen molar-refractivity contribution in [3.63, 3.8) is 0 Å². The molecule has 1 amide bonds. The van der Waals surface area contributed by atoms with E-state index in [4.69, 9.17) is 12.2 Å². The van der Waals surface area contributed by atoms with Crippen LogP contribution < -0.4 is 5.32 Å². The molecule has 3 unspecified atom stereocenters. The van der Waals surface area contributed by atoms with Gasteiger partial charge in [0.05, 0.1) is 11.0 Å². The molecule has 3 atom stereocenters. The summed E-state index contributed by atoms with van der Waals surface area (Å²) < 4.78 is 0.595. The van der Waals surface area contributed by atoms with E-state index in [2.05, 4.69) is 70.7 Å². The van der Waals surface area contributed by atoms with Crippen molar-refractivity contribution in [2.75, 3.05) is 5.32 Å². The molecule has 0 aliphatic heterocycles. The lowest BCUT2D eigenvalue weighted by molar-refractivity contribution is -0.122. The van der Waals surface area contributed by atoms with Gasteiger partial charge in [-0.1, -0.05) is 55.4 Å². The number of amides is 1. The Kier molecular flexibility index (Phi) is 7.95. The SMILES string of the molecule is CC(CCC(C(=O)Nc1ccc2[nH]c(=S)[nH]c2c1)C(C)CC(C)(C)C)CC(C)(C)C. The maximum atomic E-state index is 13.3. The summed E-state index contributed by atoms with van der Waals surface area (Å²) in [6, 6.07) is 5.84. The zero-order valence-corrected chi connectivity index (χ0v) is 20.9. The molecule has 2 rings (SSSR count). The van der Waals surface area contributed by atoms with Gasteiger partial charge in [0.2, 0.25) is 5.91 Å². The lowest BCUT2D eigenvalue weighted by Gasteiger charge is -2.30. The topological polar surface area (TPSA) is 60.7 Å². The second-order valence-corrected chi connectivity index (χ2v) is 12.0. The van der Waals surface area contributed by atoms with E-state index in [0.717, 1.165) is 36.0 Å². The third-order valence-electron chi connectivity index (χ3n) is 5.67. The molecular formula is C25H41N3OS. The minimum Gasteiger partial charge on any atom is -0.331 e. The molecule has 1 heterocycles. The van der Waals surface area contributed by atoms with Crippen LogP contribution in [0.2, 0.25) is 0 Å². The van der Waals surface area contributed by atoms with E-state index in [9.17, 15) is 4.79 Å². The Morgan fingerprint density at radius 3 is 2.17 bits per heavy atom. The fourth-order valence-corrected chi connectivity index (χ4v) is 4.96. The van der Waals surface area contributed by atoms with Crippen LogP contribution in [-0.2, 0) is 4.79 Å². The molecule has 168 valence electrons. The highest BCUT2D eigenvalue weighted by Crippen LogP contribution is 2.34. The van der Waals surface area contributed by atoms with Crippen LogP contribution in [0.1, 0.15) is 81.1 Å². The summed E-state index contributed by atoms with van der Waals surface area (Å²) in [5.74, 6) is 1.07. The first-order valence-electron chi connectivity index (χ1n) is 11.3. The van der Waals surface area contributed by atoms with Crippen LogP contribution in [0.5, 0.6) is 0 Å². The Morgan fingerprint density at radius 1 is 0.967 bits per heavy atom. The molecule has 30 heavy (non-hydrogen) atoms. The summed E-state index contributed by atoms with van der Waals surface area (Å²) in [5, 5.41) is 3.18. The van der Waals surface area contributed by atoms with Gasteiger partial charge in [-0.05, 0) is 78.8 Å². The van der Waals surface area contributed by atoms with Crippen molar-refractivity contribution < 1.29 is 4.79 Å². The average Bonchev–Trinajstić information content (AvgIpc) is 2.90. The van der Waals surface area contributed by atoms with Gasteiger partial charge >= 0.3 is 0 Å². The highest BCUT2D eigenvalue weighted by atomic mass is 32.1. The van der Waals surface area contributed by atoms with E-state index in [0.29, 0.717) is 22.0 Å². The lowest BCUT2D eigenvalue weighted by atomic mass is 9.76. The van der Waals surface area contributed by atoms with Crippen molar-refractivity contribution in [3.05, 3.63) is 23.0 Å². The summed E-state index contributed by atoms with van der Waals surface area (Å²) in [6.45, 7) is 18.2. The second kappa shape index (κ2) is 9.67. The molecular weight excluding hydrogens is 390 g/mol. The van der Waals surface area contributed by atoms with Crippen LogP contribution in [0, 0.1) is 33.4 Å². The fourth-order valence-electron chi connectivity index (χ4n) is 4.74. The number of carbonyl (C=O) groups excluding carboxylic acids is 1. The van der Waals surface area contributed by atoms with Crippen LogP contribution >= 0.6 is 12.2 Å². The number of hydrogen-bond donors (Lipinski definition) is 3. The Balaban J connectivity index is 2.14. The third kappa shape index (κ3) is 7.90. The number of H-pyrrole nitrogens is 2. The molecule has 2 aromatic rings. The number of imidazole rings is 1. The maximum absolute atomic E-state index is 13.3. The lowest BCUT2D eigenvalue weighted by Crippen LogP contribution is -2.31. The molecule has 0 radical (unpaired) electrons. The Labute approximate surface area is 187 Å². The van der Waals surface area contributed by atoms with Crippen LogP contribution in [0.15, 0.2) is 18.2 Å². The summed E-state index contributed by atoms with van der Waals surface area (Å²) in [6.07, 6.45) is 4.21. The first kappa shape index (κ1) is 24.6. The summed E-state index contributed by atoms with van der Waals surface area (Å²) in [5.41, 5.74) is 3.20. The average molecular weight is 432 g/mol. The van der Waals surface area contributed by atoms with Crippen molar-refractivity contribution >= 4 is 34.8 Å². The summed E-state index contributed by atoms with van der Waals surface area (Å²) in [7, 11) is 0. The molecule has 1 aromatic carbocycles. The predicted molar refractivity (Wildman–Crippen MR) is 131 cm³/mol. The number of aromatic nitrogens is 2. The van der Waals surface area contributed by atoms with Crippen molar-refractivity contribution in [3.8, 4) is 0 Å². The van der Waals surface area contributed by atoms with Gasteiger partial charge in [0.15, 0.2) is 4.77 Å². The van der Waals surface area contributed by atoms with Crippen molar-refractivity contribution in [1.82, 2.24) is 9.97 Å². The number of hydrogen-bond acceptors (Lipinski definition) is 2. The highest BCUT2D eigenvalue weighted by molar-refractivity contribution is 7.71. The van der Waals surface area contributed by atoms with Gasteiger partial charge in [-0.2, -0.15) is 0 Å². The number of fused-ring (bicyclic) bond motifs is 1. The first-order chi connectivity index (χ1) is 13.7. The van der Waals surface area contributed by atoms with Gasteiger partial charge in [-0.15, -0.1) is 0 Å². The molecule has 3 N–H and O–H groups in total. The minimum absolute atomic E-state index is 0.00654. The van der Waals surface area contributed by atoms with Crippen LogP contribution in [0.4, 0.5) is 5.69 Å². The molecule has 1 aromatic heterocycles. The predicted octanol–water partition coefficient (Wildman–Crippen LogP) is 7.70. The minimum atomic E-state index is 0.00654. The van der Waals surface area contributed by atoms with Crippen molar-refractivity contribution in [2.24, 2.45) is 28.6 Å². The molecule has 0 saturated heterocycles. The van der Waals surface area contributed by atoms with Crippen LogP contribution in [-0.4, -0.2) is 15.9 Å². The standard InChI is InChI=1S/C25H41N3OS/c1-16(14-24(3,4)5)9-11-19(17(2)15-25(6,7)8)22(29)26-18-10-12-20-21(13-18)28-23(30)27-20/h10,12-13,16-17,19H,9,11,14-15H2,1-8H3,(H,26,29)(H2,27,28,30). The van der Waals surface area contributed by atoms with Crippen LogP contribution in [0.25, 0.3) is 11.0 Å². The van der Waals surface area contributed by atoms with E-state index in [-0.39, 0.29) is 17.2 Å². The number of rotatable bonds is 8. The van der Waals surface area contributed by atoms with Crippen LogP contribution in [0.3, 0.4) is 0 Å². The van der Waals surface area contributed by atoms with Gasteiger partial charge < -0.3 is 15.3 Å². The van der Waals surface area contributed by atoms with Gasteiger partial charge in [-0.3, -0.25) is 4.79 Å². The highest BCUT2D eigenvalue weighted by Gasteiger charge is 2.29. The van der Waals surface area contributed by atoms with Crippen molar-refractivity contribution in [2.45, 2.75) is 81.1 Å². The van der Waals surface area contributed by atoms with Gasteiger partial charge in [0.25, 0.3) is 0 Å². The molecule has 0 bridgehead atoms. The smallest absolute Gasteiger partial charge is 0.227 e. The first-order valence-corrected chi connectivity index (χ1v) is 11.7. The summed E-state index contributed by atoms with van der Waals surface area (Å²) in [4.78, 5) is 19.6. The van der Waals surface area contributed by atoms with Crippen molar-refractivity contribution in [1.29, 1.82) is 0 Å². The largest absolute Gasteiger partial charge is 0.331 e. The quantitative estimate of drug-likeness (QED) is 0.375. The molecule has 5 heteroatoms. The Bertz CT molecular complexity index is 897. The molecule has 0 fully saturated rings. The van der Waals surface area contributed by atoms with E-state index in [1.807, 2.05) is 18.2 Å². The zero-order chi connectivity index (χ0) is 22.7. The Morgan fingerprint density at radius 2 is 1.57 bits per heavy atom. The van der Waals surface area contributed by atoms with E-state index < -0.39 is 0 Å². The number of carbonyl (C=O) groups is 1. The van der Waals surface area contributed by atoms with E-state index >= 15 is 0 Å². The molecule has 0 saturated carbocycles. The monoisotopic (exact) mass is 431 g/mol. The maximum Gasteiger partial charge on any atom is 0.227 e. The molecule has 0 aliphatic carbocycles. The van der Waals surface area contributed by atoms with E-state index in [1.54, 1.807) is 0 Å². The number of benzene rings is 1. The summed E-state index contributed by atoms with van der Waals surface area (Å²) >= 11 is 5.17. The number of aromatic amines is 2. The molecule has 4 nitrogen and oxygen atoms in total. The van der Waals surface area contributed by atoms with Gasteiger partial charge in [0, 0.05) is 11.6 Å². The number of nitrogens with one attached hydrogen (secondary N) is 3. The molecule has 0 spiro atoms. The van der Waals surface area contributed by atoms with Gasteiger partial charge in [0.1, 0.15) is 0 Å². The molecule has 0 aliphatic rings. The number of anilines is 1. The normalized spacial score (nSPS) is 15.7. The second-order valence-electron chi connectivity index (χ2n) is 11.6. The third-order valence-corrected chi connectivity index (χ3v) is 5.88. The van der Waals surface area contributed by atoms with Gasteiger partial charge in [-0.25, -0.2) is 0 Å². The fraction of sp³-hybridized carbons (Fsp3) is 0.680. The zero-order valence-electron chi connectivity index (χ0n) is 20.1. The Hall–Kier alpha value is -1.62.